The van der Waals surface area contributed by atoms with Crippen LogP contribution in [0.5, 0.6) is 5.75 Å². The van der Waals surface area contributed by atoms with Crippen molar-refractivity contribution in [2.24, 2.45) is 0 Å². The molecule has 0 saturated heterocycles. The number of carbonyl (C=O) groups excluding carboxylic acids is 1. The van der Waals surface area contributed by atoms with Gasteiger partial charge in [-0.15, -0.1) is 0 Å². The summed E-state index contributed by atoms with van der Waals surface area (Å²) < 4.78 is 5.84. The second-order valence-electron chi connectivity index (χ2n) is 5.54. The summed E-state index contributed by atoms with van der Waals surface area (Å²) in [7, 11) is 0. The number of amides is 1. The van der Waals surface area contributed by atoms with E-state index in [-0.39, 0.29) is 5.91 Å². The average Bonchev–Trinajstić information content (AvgIpc) is 2.93. The Morgan fingerprint density at radius 2 is 2.05 bits per heavy atom. The van der Waals surface area contributed by atoms with Gasteiger partial charge in [-0.2, -0.15) is 0 Å². The zero-order chi connectivity index (χ0) is 15.7. The molecule has 0 radical (unpaired) electrons. The van der Waals surface area contributed by atoms with E-state index >= 15 is 0 Å². The Hall–Kier alpha value is -2.00. The van der Waals surface area contributed by atoms with Gasteiger partial charge in [0.05, 0.1) is 0 Å². The third-order valence-corrected chi connectivity index (χ3v) is 4.18. The van der Waals surface area contributed by atoms with Gasteiger partial charge < -0.3 is 9.64 Å². The molecule has 2 aromatic rings. The Kier molecular flexibility index (Phi) is 4.08. The van der Waals surface area contributed by atoms with Gasteiger partial charge in [-0.1, -0.05) is 29.8 Å². The van der Waals surface area contributed by atoms with Gasteiger partial charge in [0.25, 0.3) is 5.91 Å². The lowest BCUT2D eigenvalue weighted by atomic mass is 10.2. The number of carbonyl (C=O) groups is 1. The van der Waals surface area contributed by atoms with E-state index in [1.54, 1.807) is 19.1 Å². The highest BCUT2D eigenvalue weighted by atomic mass is 35.5. The molecule has 0 unspecified atom stereocenters. The molecule has 1 aliphatic rings. The predicted molar refractivity (Wildman–Crippen MR) is 88.8 cm³/mol. The molecular formula is C18H18ClNO2. The Labute approximate surface area is 135 Å². The van der Waals surface area contributed by atoms with E-state index in [2.05, 4.69) is 6.07 Å². The van der Waals surface area contributed by atoms with E-state index in [4.69, 9.17) is 16.3 Å². The van der Waals surface area contributed by atoms with Crippen LogP contribution in [0.25, 0.3) is 0 Å². The summed E-state index contributed by atoms with van der Waals surface area (Å²) in [6, 6.07) is 13.4. The summed E-state index contributed by atoms with van der Waals surface area (Å²) in [4.78, 5) is 14.5. The zero-order valence-corrected chi connectivity index (χ0v) is 13.4. The Morgan fingerprint density at radius 1 is 1.27 bits per heavy atom. The lowest BCUT2D eigenvalue weighted by Crippen LogP contribution is -2.39. The monoisotopic (exact) mass is 315 g/mol. The van der Waals surface area contributed by atoms with Gasteiger partial charge in [-0.25, -0.2) is 0 Å². The van der Waals surface area contributed by atoms with Crippen LogP contribution in [0.1, 0.15) is 18.1 Å². The lowest BCUT2D eigenvalue weighted by molar-refractivity contribution is -0.124. The molecule has 0 N–H and O–H groups in total. The van der Waals surface area contributed by atoms with Crippen molar-refractivity contribution < 1.29 is 9.53 Å². The molecule has 1 heterocycles. The summed E-state index contributed by atoms with van der Waals surface area (Å²) in [6.07, 6.45) is 0.361. The normalized spacial score (nSPS) is 14.6. The highest BCUT2D eigenvalue weighted by Crippen LogP contribution is 2.29. The lowest BCUT2D eigenvalue weighted by Gasteiger charge is -2.23. The molecule has 22 heavy (non-hydrogen) atoms. The maximum atomic E-state index is 12.7. The Balaban J connectivity index is 1.76. The molecule has 0 saturated carbocycles. The molecule has 114 valence electrons. The van der Waals surface area contributed by atoms with Crippen molar-refractivity contribution in [2.75, 3.05) is 11.4 Å². The average molecular weight is 316 g/mol. The summed E-state index contributed by atoms with van der Waals surface area (Å²) >= 11 is 5.95. The van der Waals surface area contributed by atoms with Crippen LogP contribution < -0.4 is 9.64 Å². The van der Waals surface area contributed by atoms with Crippen LogP contribution in [-0.4, -0.2) is 18.6 Å². The first-order valence-corrected chi connectivity index (χ1v) is 7.76. The zero-order valence-electron chi connectivity index (χ0n) is 12.7. The first-order chi connectivity index (χ1) is 10.6. The first-order valence-electron chi connectivity index (χ1n) is 7.38. The summed E-state index contributed by atoms with van der Waals surface area (Å²) in [6.45, 7) is 4.42. The van der Waals surface area contributed by atoms with Crippen molar-refractivity contribution in [3.8, 4) is 5.75 Å². The fourth-order valence-electron chi connectivity index (χ4n) is 2.77. The molecule has 1 aliphatic heterocycles. The maximum absolute atomic E-state index is 12.7. The largest absolute Gasteiger partial charge is 0.481 e. The van der Waals surface area contributed by atoms with Gasteiger partial charge in [0.1, 0.15) is 5.75 Å². The number of halogens is 1. The smallest absolute Gasteiger partial charge is 0.267 e. The molecule has 1 amide bonds. The van der Waals surface area contributed by atoms with Crippen LogP contribution in [0.2, 0.25) is 5.02 Å². The van der Waals surface area contributed by atoms with Gasteiger partial charge in [0.2, 0.25) is 0 Å². The molecule has 2 aromatic carbocycles. The van der Waals surface area contributed by atoms with Gasteiger partial charge >= 0.3 is 0 Å². The standard InChI is InChI=1S/C18H18ClNO2/c1-12-11-15(19)7-8-17(12)22-13(2)18(21)20-10-9-14-5-3-4-6-16(14)20/h3-8,11,13H,9-10H2,1-2H3/t13-/m0/s1. The predicted octanol–water partition coefficient (Wildman–Crippen LogP) is 4.01. The summed E-state index contributed by atoms with van der Waals surface area (Å²) in [5, 5.41) is 0.664. The molecule has 0 fully saturated rings. The fraction of sp³-hybridized carbons (Fsp3) is 0.278. The van der Waals surface area contributed by atoms with E-state index in [1.807, 2.05) is 36.1 Å². The molecule has 0 aliphatic carbocycles. The minimum Gasteiger partial charge on any atom is -0.481 e. The van der Waals surface area contributed by atoms with Crippen molar-refractivity contribution >= 4 is 23.2 Å². The van der Waals surface area contributed by atoms with Crippen LogP contribution in [0.4, 0.5) is 5.69 Å². The van der Waals surface area contributed by atoms with Crippen molar-refractivity contribution in [2.45, 2.75) is 26.4 Å². The maximum Gasteiger partial charge on any atom is 0.267 e. The van der Waals surface area contributed by atoms with Gasteiger partial charge in [0, 0.05) is 17.3 Å². The molecule has 1 atom stereocenters. The Morgan fingerprint density at radius 3 is 2.82 bits per heavy atom. The molecular weight excluding hydrogens is 298 g/mol. The van der Waals surface area contributed by atoms with Crippen molar-refractivity contribution in [3.05, 3.63) is 58.6 Å². The van der Waals surface area contributed by atoms with E-state index in [0.29, 0.717) is 17.3 Å². The minimum absolute atomic E-state index is 0.0145. The van der Waals surface area contributed by atoms with Crippen molar-refractivity contribution in [1.29, 1.82) is 0 Å². The number of rotatable bonds is 3. The first kappa shape index (κ1) is 14.9. The molecule has 0 bridgehead atoms. The molecule has 0 aromatic heterocycles. The fourth-order valence-corrected chi connectivity index (χ4v) is 3.00. The number of anilines is 1. The number of hydrogen-bond acceptors (Lipinski definition) is 2. The third kappa shape index (κ3) is 2.81. The third-order valence-electron chi connectivity index (χ3n) is 3.94. The minimum atomic E-state index is -0.536. The number of fused-ring (bicyclic) bond motifs is 1. The SMILES string of the molecule is Cc1cc(Cl)ccc1O[C@@H](C)C(=O)N1CCc2ccccc21. The van der Waals surface area contributed by atoms with E-state index in [0.717, 1.165) is 17.7 Å². The molecule has 3 rings (SSSR count). The van der Waals surface area contributed by atoms with Gasteiger partial charge in [-0.3, -0.25) is 4.79 Å². The van der Waals surface area contributed by atoms with Crippen LogP contribution in [0.3, 0.4) is 0 Å². The molecule has 3 nitrogen and oxygen atoms in total. The quantitative estimate of drug-likeness (QED) is 0.856. The number of nitrogens with zero attached hydrogens (tertiary/aromatic N) is 1. The van der Waals surface area contributed by atoms with Gasteiger partial charge in [0.15, 0.2) is 6.10 Å². The molecule has 4 heteroatoms. The van der Waals surface area contributed by atoms with Crippen LogP contribution in [0.15, 0.2) is 42.5 Å². The number of para-hydroxylation sites is 1. The highest BCUT2D eigenvalue weighted by molar-refractivity contribution is 6.30. The van der Waals surface area contributed by atoms with Crippen LogP contribution in [-0.2, 0) is 11.2 Å². The number of hydrogen-bond donors (Lipinski definition) is 0. The second-order valence-corrected chi connectivity index (χ2v) is 5.97. The number of aryl methyl sites for hydroxylation is 1. The van der Waals surface area contributed by atoms with E-state index in [1.165, 1.54) is 5.56 Å². The van der Waals surface area contributed by atoms with Crippen molar-refractivity contribution in [1.82, 2.24) is 0 Å². The number of ether oxygens (including phenoxy) is 1. The van der Waals surface area contributed by atoms with E-state index < -0.39 is 6.10 Å². The topological polar surface area (TPSA) is 29.5 Å². The van der Waals surface area contributed by atoms with E-state index in [9.17, 15) is 4.79 Å². The van der Waals surface area contributed by atoms with Crippen LogP contribution >= 0.6 is 11.6 Å². The second kappa shape index (κ2) is 6.01. The summed E-state index contributed by atoms with van der Waals surface area (Å²) in [5.41, 5.74) is 3.13. The summed E-state index contributed by atoms with van der Waals surface area (Å²) in [5.74, 6) is 0.678. The molecule has 0 spiro atoms. The van der Waals surface area contributed by atoms with Gasteiger partial charge in [-0.05, 0) is 55.7 Å². The van der Waals surface area contributed by atoms with Crippen molar-refractivity contribution in [3.63, 3.8) is 0 Å². The number of benzene rings is 2. The Bertz CT molecular complexity index is 714. The van der Waals surface area contributed by atoms with Crippen LogP contribution in [0, 0.1) is 6.92 Å². The highest BCUT2D eigenvalue weighted by Gasteiger charge is 2.28.